The number of rotatable bonds is 3. The predicted molar refractivity (Wildman–Crippen MR) is 72.3 cm³/mol. The highest BCUT2D eigenvalue weighted by molar-refractivity contribution is 5.59. The van der Waals surface area contributed by atoms with E-state index in [1.54, 1.807) is 12.1 Å². The zero-order valence-corrected chi connectivity index (χ0v) is 10.7. The Morgan fingerprint density at radius 2 is 2.11 bits per heavy atom. The molecule has 2 aliphatic rings. The highest BCUT2D eigenvalue weighted by Gasteiger charge is 2.32. The smallest absolute Gasteiger partial charge is 0.125 e. The predicted octanol–water partition coefficient (Wildman–Crippen LogP) is 2.71. The van der Waals surface area contributed by atoms with Crippen molar-refractivity contribution in [2.45, 2.75) is 38.1 Å². The summed E-state index contributed by atoms with van der Waals surface area (Å²) in [6, 6.07) is 5.57. The molecule has 3 heteroatoms. The van der Waals surface area contributed by atoms with Crippen molar-refractivity contribution < 1.29 is 4.39 Å². The molecular formula is C15H21FN2. The van der Waals surface area contributed by atoms with Gasteiger partial charge >= 0.3 is 0 Å². The molecule has 1 saturated carbocycles. The summed E-state index contributed by atoms with van der Waals surface area (Å²) < 4.78 is 13.4. The molecule has 1 aromatic carbocycles. The molecule has 0 saturated heterocycles. The fourth-order valence-electron chi connectivity index (χ4n) is 3.64. The average molecular weight is 248 g/mol. The van der Waals surface area contributed by atoms with Crippen LogP contribution in [0.4, 0.5) is 10.1 Å². The standard InChI is InChI=1S/C15H21FN2/c16-13-6-5-12-7-8-18(14(12)9-13)15(10-17)11-3-1-2-4-11/h5-6,9,11,15H,1-4,7-8,10,17H2. The van der Waals surface area contributed by atoms with Crippen molar-refractivity contribution in [2.24, 2.45) is 11.7 Å². The van der Waals surface area contributed by atoms with Crippen LogP contribution in [0.5, 0.6) is 0 Å². The minimum Gasteiger partial charge on any atom is -0.366 e. The largest absolute Gasteiger partial charge is 0.366 e. The molecule has 1 atom stereocenters. The van der Waals surface area contributed by atoms with Gasteiger partial charge in [0, 0.05) is 24.8 Å². The normalized spacial score (nSPS) is 21.3. The van der Waals surface area contributed by atoms with Crippen LogP contribution in [-0.4, -0.2) is 19.1 Å². The van der Waals surface area contributed by atoms with E-state index in [9.17, 15) is 4.39 Å². The van der Waals surface area contributed by atoms with Crippen LogP contribution < -0.4 is 10.6 Å². The van der Waals surface area contributed by atoms with Gasteiger partial charge in [-0.15, -0.1) is 0 Å². The van der Waals surface area contributed by atoms with Gasteiger partial charge < -0.3 is 10.6 Å². The summed E-state index contributed by atoms with van der Waals surface area (Å²) in [6.07, 6.45) is 6.24. The van der Waals surface area contributed by atoms with E-state index < -0.39 is 0 Å². The Balaban J connectivity index is 1.87. The first-order valence-electron chi connectivity index (χ1n) is 7.04. The van der Waals surface area contributed by atoms with Crippen molar-refractivity contribution in [3.8, 4) is 0 Å². The third-order valence-corrected chi connectivity index (χ3v) is 4.56. The highest BCUT2D eigenvalue weighted by atomic mass is 19.1. The molecule has 0 bridgehead atoms. The first-order chi connectivity index (χ1) is 8.79. The van der Waals surface area contributed by atoms with Crippen LogP contribution in [0.25, 0.3) is 0 Å². The van der Waals surface area contributed by atoms with Crippen LogP contribution in [0.2, 0.25) is 0 Å². The second-order valence-electron chi connectivity index (χ2n) is 5.56. The zero-order valence-electron chi connectivity index (χ0n) is 10.7. The number of nitrogens with zero attached hydrogens (tertiary/aromatic N) is 1. The highest BCUT2D eigenvalue weighted by Crippen LogP contribution is 2.36. The Labute approximate surface area is 108 Å². The number of fused-ring (bicyclic) bond motifs is 1. The molecule has 18 heavy (non-hydrogen) atoms. The Kier molecular flexibility index (Phi) is 3.25. The SMILES string of the molecule is NCC(C1CCCC1)N1CCc2ccc(F)cc21. The van der Waals surface area contributed by atoms with E-state index >= 15 is 0 Å². The fourth-order valence-corrected chi connectivity index (χ4v) is 3.64. The Morgan fingerprint density at radius 3 is 2.83 bits per heavy atom. The summed E-state index contributed by atoms with van der Waals surface area (Å²) in [5.41, 5.74) is 8.34. The van der Waals surface area contributed by atoms with Crippen molar-refractivity contribution in [1.82, 2.24) is 0 Å². The molecule has 98 valence electrons. The van der Waals surface area contributed by atoms with Crippen molar-refractivity contribution in [1.29, 1.82) is 0 Å². The monoisotopic (exact) mass is 248 g/mol. The molecular weight excluding hydrogens is 227 g/mol. The number of nitrogens with two attached hydrogens (primary N) is 1. The molecule has 1 unspecified atom stereocenters. The first kappa shape index (κ1) is 12.0. The van der Waals surface area contributed by atoms with E-state index in [1.165, 1.54) is 31.2 Å². The summed E-state index contributed by atoms with van der Waals surface area (Å²) in [5.74, 6) is 0.562. The maximum atomic E-state index is 13.4. The van der Waals surface area contributed by atoms with Gasteiger partial charge in [0.1, 0.15) is 5.82 Å². The summed E-state index contributed by atoms with van der Waals surface area (Å²) in [4.78, 5) is 2.36. The van der Waals surface area contributed by atoms with E-state index in [-0.39, 0.29) is 5.82 Å². The molecule has 0 aromatic heterocycles. The van der Waals surface area contributed by atoms with Gasteiger partial charge in [-0.3, -0.25) is 0 Å². The maximum absolute atomic E-state index is 13.4. The van der Waals surface area contributed by atoms with Gasteiger partial charge in [-0.05, 0) is 42.9 Å². The van der Waals surface area contributed by atoms with Gasteiger partial charge in [-0.1, -0.05) is 18.9 Å². The fraction of sp³-hybridized carbons (Fsp3) is 0.600. The van der Waals surface area contributed by atoms with E-state index in [0.717, 1.165) is 18.7 Å². The third kappa shape index (κ3) is 2.01. The van der Waals surface area contributed by atoms with Crippen LogP contribution in [-0.2, 0) is 6.42 Å². The number of hydrogen-bond acceptors (Lipinski definition) is 2. The van der Waals surface area contributed by atoms with E-state index in [1.807, 2.05) is 6.07 Å². The summed E-state index contributed by atoms with van der Waals surface area (Å²) in [7, 11) is 0. The molecule has 1 aliphatic heterocycles. The minimum absolute atomic E-state index is 0.136. The van der Waals surface area contributed by atoms with Crippen LogP contribution in [0.3, 0.4) is 0 Å². The van der Waals surface area contributed by atoms with E-state index in [4.69, 9.17) is 5.73 Å². The molecule has 0 amide bonds. The number of halogens is 1. The van der Waals surface area contributed by atoms with Crippen molar-refractivity contribution in [2.75, 3.05) is 18.0 Å². The lowest BCUT2D eigenvalue weighted by Crippen LogP contribution is -2.44. The summed E-state index contributed by atoms with van der Waals surface area (Å²) >= 11 is 0. The molecule has 2 N–H and O–H groups in total. The maximum Gasteiger partial charge on any atom is 0.125 e. The van der Waals surface area contributed by atoms with Gasteiger partial charge in [-0.2, -0.15) is 0 Å². The molecule has 1 aliphatic carbocycles. The molecule has 2 nitrogen and oxygen atoms in total. The molecule has 1 aromatic rings. The Morgan fingerprint density at radius 1 is 1.33 bits per heavy atom. The quantitative estimate of drug-likeness (QED) is 0.891. The minimum atomic E-state index is -0.136. The number of hydrogen-bond donors (Lipinski definition) is 1. The lowest BCUT2D eigenvalue weighted by atomic mass is 9.96. The molecule has 0 spiro atoms. The Hall–Kier alpha value is -1.09. The van der Waals surface area contributed by atoms with Crippen LogP contribution in [0.15, 0.2) is 18.2 Å². The van der Waals surface area contributed by atoms with Gasteiger partial charge in [0.25, 0.3) is 0 Å². The van der Waals surface area contributed by atoms with Crippen molar-refractivity contribution in [3.05, 3.63) is 29.6 Å². The number of benzene rings is 1. The van der Waals surface area contributed by atoms with Gasteiger partial charge in [-0.25, -0.2) is 4.39 Å². The summed E-state index contributed by atoms with van der Waals surface area (Å²) in [6.45, 7) is 1.68. The zero-order chi connectivity index (χ0) is 12.5. The molecule has 3 rings (SSSR count). The van der Waals surface area contributed by atoms with E-state index in [0.29, 0.717) is 18.5 Å². The lowest BCUT2D eigenvalue weighted by Gasteiger charge is -2.34. The van der Waals surface area contributed by atoms with Crippen LogP contribution in [0.1, 0.15) is 31.2 Å². The topological polar surface area (TPSA) is 29.3 Å². The van der Waals surface area contributed by atoms with Gasteiger partial charge in [0.2, 0.25) is 0 Å². The van der Waals surface area contributed by atoms with Crippen molar-refractivity contribution in [3.63, 3.8) is 0 Å². The van der Waals surface area contributed by atoms with Crippen LogP contribution >= 0.6 is 0 Å². The van der Waals surface area contributed by atoms with E-state index in [2.05, 4.69) is 4.90 Å². The third-order valence-electron chi connectivity index (χ3n) is 4.56. The first-order valence-corrected chi connectivity index (χ1v) is 7.04. The summed E-state index contributed by atoms with van der Waals surface area (Å²) in [5, 5.41) is 0. The van der Waals surface area contributed by atoms with Crippen LogP contribution in [0, 0.1) is 11.7 Å². The second-order valence-corrected chi connectivity index (χ2v) is 5.56. The average Bonchev–Trinajstić information content (AvgIpc) is 3.01. The van der Waals surface area contributed by atoms with Gasteiger partial charge in [0.05, 0.1) is 0 Å². The van der Waals surface area contributed by atoms with Gasteiger partial charge in [0.15, 0.2) is 0 Å². The Bertz CT molecular complexity index is 427. The number of anilines is 1. The van der Waals surface area contributed by atoms with Crippen molar-refractivity contribution >= 4 is 5.69 Å². The molecule has 1 heterocycles. The lowest BCUT2D eigenvalue weighted by molar-refractivity contribution is 0.414. The second kappa shape index (κ2) is 4.88. The molecule has 0 radical (unpaired) electrons. The molecule has 1 fully saturated rings.